The molecule has 1 heterocycles. The van der Waals surface area contributed by atoms with Crippen molar-refractivity contribution in [2.45, 2.75) is 0 Å². The van der Waals surface area contributed by atoms with E-state index in [9.17, 15) is 9.59 Å². The molecule has 0 saturated carbocycles. The largest absolute Gasteiger partial charge is 0.456 e. The van der Waals surface area contributed by atoms with Crippen molar-refractivity contribution in [3.05, 3.63) is 52.8 Å². The van der Waals surface area contributed by atoms with E-state index >= 15 is 0 Å². The fourth-order valence-electron chi connectivity index (χ4n) is 1.71. The second-order valence-corrected chi connectivity index (χ2v) is 5.32. The Hall–Kier alpha value is -2.28. The average molecular weight is 364 g/mol. The van der Waals surface area contributed by atoms with Crippen molar-refractivity contribution in [1.82, 2.24) is 9.97 Å². The van der Waals surface area contributed by atoms with E-state index in [1.165, 1.54) is 0 Å². The Bertz CT molecular complexity index is 664. The molecule has 114 valence electrons. The highest BCUT2D eigenvalue weighted by molar-refractivity contribution is 9.10. The number of nitrogens with zero attached hydrogens (tertiary/aromatic N) is 3. The summed E-state index contributed by atoms with van der Waals surface area (Å²) in [6, 6.07) is 8.67. The van der Waals surface area contributed by atoms with Gasteiger partial charge in [0.15, 0.2) is 6.61 Å². The summed E-state index contributed by atoms with van der Waals surface area (Å²) in [5, 5.41) is 0. The number of rotatable bonds is 6. The fourth-order valence-corrected chi connectivity index (χ4v) is 2.22. The first kappa shape index (κ1) is 16.1. The number of likely N-dealkylation sites (N-methyl/N-ethyl adjacent to an activating group) is 1. The Morgan fingerprint density at radius 1 is 1.18 bits per heavy atom. The topological polar surface area (TPSA) is 72.4 Å². The monoisotopic (exact) mass is 363 g/mol. The molecule has 6 nitrogen and oxygen atoms in total. The highest BCUT2D eigenvalue weighted by atomic mass is 79.9. The number of halogens is 1. The molecule has 1 aromatic carbocycles. The van der Waals surface area contributed by atoms with Crippen molar-refractivity contribution in [3.63, 3.8) is 0 Å². The molecule has 2 aromatic rings. The molecule has 0 radical (unpaired) electrons. The van der Waals surface area contributed by atoms with Crippen molar-refractivity contribution in [1.29, 1.82) is 0 Å². The molecule has 1 aromatic heterocycles. The maximum absolute atomic E-state index is 12.0. The van der Waals surface area contributed by atoms with E-state index < -0.39 is 5.97 Å². The second kappa shape index (κ2) is 7.65. The van der Waals surface area contributed by atoms with E-state index in [1.54, 1.807) is 48.6 Å². The quantitative estimate of drug-likeness (QED) is 0.578. The molecule has 0 aliphatic heterocycles. The van der Waals surface area contributed by atoms with Gasteiger partial charge in [-0.1, -0.05) is 34.1 Å². The number of aromatic nitrogens is 2. The summed E-state index contributed by atoms with van der Waals surface area (Å²) in [4.78, 5) is 33.3. The highest BCUT2D eigenvalue weighted by Crippen LogP contribution is 2.16. The van der Waals surface area contributed by atoms with Gasteiger partial charge < -0.3 is 9.64 Å². The zero-order valence-corrected chi connectivity index (χ0v) is 13.5. The van der Waals surface area contributed by atoms with Gasteiger partial charge in [0.1, 0.15) is 6.54 Å². The normalized spacial score (nSPS) is 10.1. The van der Waals surface area contributed by atoms with Crippen LogP contribution < -0.4 is 4.90 Å². The van der Waals surface area contributed by atoms with Crippen molar-refractivity contribution in [2.75, 3.05) is 25.1 Å². The zero-order valence-electron chi connectivity index (χ0n) is 11.9. The van der Waals surface area contributed by atoms with Gasteiger partial charge in [-0.05, 0) is 12.1 Å². The smallest absolute Gasteiger partial charge is 0.326 e. The molecular formula is C15H14BrN3O3. The van der Waals surface area contributed by atoms with Crippen molar-refractivity contribution in [2.24, 2.45) is 0 Å². The molecule has 0 spiro atoms. The van der Waals surface area contributed by atoms with Gasteiger partial charge in [0.2, 0.25) is 11.7 Å². The van der Waals surface area contributed by atoms with Crippen LogP contribution in [0.1, 0.15) is 10.4 Å². The third-order valence-corrected chi connectivity index (χ3v) is 3.49. The lowest BCUT2D eigenvalue weighted by Gasteiger charge is -2.15. The van der Waals surface area contributed by atoms with Gasteiger partial charge in [0.25, 0.3) is 0 Å². The first-order valence-corrected chi connectivity index (χ1v) is 7.28. The lowest BCUT2D eigenvalue weighted by atomic mass is 10.1. The van der Waals surface area contributed by atoms with E-state index in [4.69, 9.17) is 4.74 Å². The molecule has 7 heteroatoms. The van der Waals surface area contributed by atoms with Crippen LogP contribution >= 0.6 is 15.9 Å². The maximum atomic E-state index is 12.0. The van der Waals surface area contributed by atoms with E-state index in [0.29, 0.717) is 16.0 Å². The number of ether oxygens (including phenoxy) is 1. The van der Waals surface area contributed by atoms with Crippen molar-refractivity contribution >= 4 is 33.6 Å². The number of carbonyl (C=O) groups excluding carboxylic acids is 2. The predicted octanol–water partition coefficient (Wildman–Crippen LogP) is 2.10. The van der Waals surface area contributed by atoms with Gasteiger partial charge in [-0.25, -0.2) is 9.97 Å². The third kappa shape index (κ3) is 4.36. The number of ketones is 1. The maximum Gasteiger partial charge on any atom is 0.326 e. The number of carbonyl (C=O) groups is 2. The van der Waals surface area contributed by atoms with Crippen molar-refractivity contribution in [3.8, 4) is 0 Å². The summed E-state index contributed by atoms with van der Waals surface area (Å²) in [6.07, 6.45) is 3.17. The molecular weight excluding hydrogens is 350 g/mol. The summed E-state index contributed by atoms with van der Waals surface area (Å²) in [5.41, 5.74) is 0.482. The fraction of sp³-hybridized carbons (Fsp3) is 0.200. The Morgan fingerprint density at radius 2 is 1.86 bits per heavy atom. The molecule has 0 aliphatic rings. The van der Waals surface area contributed by atoms with Gasteiger partial charge in [0, 0.05) is 29.5 Å². The van der Waals surface area contributed by atoms with Crippen LogP contribution in [0.25, 0.3) is 0 Å². The minimum absolute atomic E-state index is 0.0345. The summed E-state index contributed by atoms with van der Waals surface area (Å²) >= 11 is 3.29. The molecule has 0 bridgehead atoms. The Labute approximate surface area is 136 Å². The standard InChI is InChI=1S/C15H14BrN3O3/c1-19(15-17-7-4-8-18-15)9-14(21)22-10-13(20)11-5-2-3-6-12(11)16/h2-8H,9-10H2,1H3. The van der Waals surface area contributed by atoms with Gasteiger partial charge >= 0.3 is 5.97 Å². The van der Waals surface area contributed by atoms with E-state index in [1.807, 2.05) is 6.07 Å². The minimum atomic E-state index is -0.518. The van der Waals surface area contributed by atoms with Gasteiger partial charge in [-0.3, -0.25) is 9.59 Å². The summed E-state index contributed by atoms with van der Waals surface area (Å²) in [6.45, 7) is -0.335. The average Bonchev–Trinajstić information content (AvgIpc) is 2.54. The Kier molecular flexibility index (Phi) is 5.60. The van der Waals surface area contributed by atoms with Crippen LogP contribution in [0.3, 0.4) is 0 Å². The molecule has 22 heavy (non-hydrogen) atoms. The molecule has 0 fully saturated rings. The number of hydrogen-bond acceptors (Lipinski definition) is 6. The first-order valence-electron chi connectivity index (χ1n) is 6.49. The minimum Gasteiger partial charge on any atom is -0.456 e. The van der Waals surface area contributed by atoms with Crippen LogP contribution in [0.2, 0.25) is 0 Å². The summed E-state index contributed by atoms with van der Waals surface area (Å²) < 4.78 is 5.67. The van der Waals surface area contributed by atoms with Crippen LogP contribution in [0.15, 0.2) is 47.2 Å². The van der Waals surface area contributed by atoms with E-state index in [-0.39, 0.29) is 18.9 Å². The number of Topliss-reactive ketones (excluding diaryl/α,β-unsaturated/α-hetero) is 1. The zero-order chi connectivity index (χ0) is 15.9. The summed E-state index contributed by atoms with van der Waals surface area (Å²) in [5.74, 6) is -0.369. The number of benzene rings is 1. The first-order chi connectivity index (χ1) is 10.6. The lowest BCUT2D eigenvalue weighted by molar-refractivity contribution is -0.140. The van der Waals surface area contributed by atoms with Gasteiger partial charge in [-0.15, -0.1) is 0 Å². The molecule has 0 atom stereocenters. The van der Waals surface area contributed by atoms with E-state index in [2.05, 4.69) is 25.9 Å². The SMILES string of the molecule is CN(CC(=O)OCC(=O)c1ccccc1Br)c1ncccn1. The van der Waals surface area contributed by atoms with Gasteiger partial charge in [-0.2, -0.15) is 0 Å². The molecule has 0 amide bonds. The van der Waals surface area contributed by atoms with Crippen LogP contribution in [-0.2, 0) is 9.53 Å². The van der Waals surface area contributed by atoms with E-state index in [0.717, 1.165) is 0 Å². The van der Waals surface area contributed by atoms with Gasteiger partial charge in [0.05, 0.1) is 0 Å². The third-order valence-electron chi connectivity index (χ3n) is 2.80. The number of hydrogen-bond donors (Lipinski definition) is 0. The van der Waals surface area contributed by atoms with Crippen LogP contribution in [0, 0.1) is 0 Å². The molecule has 0 N–H and O–H groups in total. The molecule has 0 aliphatic carbocycles. The lowest BCUT2D eigenvalue weighted by Crippen LogP contribution is -2.29. The Morgan fingerprint density at radius 3 is 2.55 bits per heavy atom. The second-order valence-electron chi connectivity index (χ2n) is 4.47. The molecule has 2 rings (SSSR count). The van der Waals surface area contributed by atoms with Crippen LogP contribution in [-0.4, -0.2) is 41.9 Å². The highest BCUT2D eigenvalue weighted by Gasteiger charge is 2.14. The van der Waals surface area contributed by atoms with Crippen molar-refractivity contribution < 1.29 is 14.3 Å². The predicted molar refractivity (Wildman–Crippen MR) is 84.7 cm³/mol. The number of anilines is 1. The summed E-state index contributed by atoms with van der Waals surface area (Å²) in [7, 11) is 1.67. The van der Waals surface area contributed by atoms with Crippen LogP contribution in [0.5, 0.6) is 0 Å². The Balaban J connectivity index is 1.85. The van der Waals surface area contributed by atoms with Crippen LogP contribution in [0.4, 0.5) is 5.95 Å². The molecule has 0 unspecified atom stereocenters. The number of esters is 1. The molecule has 0 saturated heterocycles.